The lowest BCUT2D eigenvalue weighted by atomic mass is 10.2. The highest BCUT2D eigenvalue weighted by molar-refractivity contribution is 4.66. The first-order valence-corrected chi connectivity index (χ1v) is 6.81. The fraction of sp³-hybridized carbons (Fsp3) is 0.857. The molecule has 2 nitrogen and oxygen atoms in total. The van der Waals surface area contributed by atoms with E-state index in [-0.39, 0.29) is 0 Å². The molecule has 0 amide bonds. The van der Waals surface area contributed by atoms with Crippen LogP contribution < -0.4 is 5.32 Å². The van der Waals surface area contributed by atoms with Gasteiger partial charge in [0, 0.05) is 0 Å². The molecule has 0 fully saturated rings. The summed E-state index contributed by atoms with van der Waals surface area (Å²) < 4.78 is 0. The van der Waals surface area contributed by atoms with E-state index in [0.29, 0.717) is 0 Å². The second-order valence-corrected chi connectivity index (χ2v) is 4.54. The van der Waals surface area contributed by atoms with Gasteiger partial charge in [-0.1, -0.05) is 19.4 Å². The molecule has 0 aliphatic rings. The predicted octanol–water partition coefficient (Wildman–Crippen LogP) is 3.05. The molecule has 0 unspecified atom stereocenters. The van der Waals surface area contributed by atoms with Crippen LogP contribution in [0.3, 0.4) is 0 Å². The van der Waals surface area contributed by atoms with E-state index in [1.807, 2.05) is 6.08 Å². The lowest BCUT2D eigenvalue weighted by Crippen LogP contribution is -2.21. The molecule has 0 rings (SSSR count). The Hall–Kier alpha value is -0.340. The van der Waals surface area contributed by atoms with Crippen LogP contribution in [0.4, 0.5) is 0 Å². The molecular weight excluding hydrogens is 196 g/mol. The minimum Gasteiger partial charge on any atom is -0.317 e. The van der Waals surface area contributed by atoms with E-state index in [1.54, 1.807) is 0 Å². The molecule has 0 aliphatic heterocycles. The van der Waals surface area contributed by atoms with E-state index in [9.17, 15) is 0 Å². The number of nitrogens with one attached hydrogen (secondary N) is 1. The van der Waals surface area contributed by atoms with Crippen LogP contribution in [0.1, 0.15) is 45.4 Å². The van der Waals surface area contributed by atoms with Gasteiger partial charge >= 0.3 is 0 Å². The van der Waals surface area contributed by atoms with E-state index in [2.05, 4.69) is 30.8 Å². The van der Waals surface area contributed by atoms with Crippen molar-refractivity contribution in [3.8, 4) is 0 Å². The van der Waals surface area contributed by atoms with Crippen LogP contribution in [0, 0.1) is 0 Å². The molecule has 96 valence electrons. The molecule has 0 aromatic carbocycles. The van der Waals surface area contributed by atoms with E-state index in [4.69, 9.17) is 0 Å². The fourth-order valence-corrected chi connectivity index (χ4v) is 1.73. The fourth-order valence-electron chi connectivity index (χ4n) is 1.73. The molecule has 0 radical (unpaired) electrons. The summed E-state index contributed by atoms with van der Waals surface area (Å²) in [4.78, 5) is 2.43. The normalized spacial score (nSPS) is 10.9. The van der Waals surface area contributed by atoms with Crippen molar-refractivity contribution in [2.24, 2.45) is 0 Å². The molecule has 0 spiro atoms. The topological polar surface area (TPSA) is 15.3 Å². The summed E-state index contributed by atoms with van der Waals surface area (Å²) in [6.45, 7) is 10.8. The third-order valence-corrected chi connectivity index (χ3v) is 2.77. The second kappa shape index (κ2) is 12.7. The van der Waals surface area contributed by atoms with Gasteiger partial charge in [-0.25, -0.2) is 0 Å². The molecule has 0 saturated carbocycles. The largest absolute Gasteiger partial charge is 0.317 e. The van der Waals surface area contributed by atoms with Gasteiger partial charge in [0.25, 0.3) is 0 Å². The highest BCUT2D eigenvalue weighted by Crippen LogP contribution is 1.99. The maximum Gasteiger partial charge on any atom is -0.00188 e. The number of hydrogen-bond donors (Lipinski definition) is 1. The molecular formula is C14H30N2. The third kappa shape index (κ3) is 11.7. The number of allylic oxidation sites excluding steroid dienone is 1. The zero-order valence-electron chi connectivity index (χ0n) is 11.3. The highest BCUT2D eigenvalue weighted by atomic mass is 15.1. The first-order chi connectivity index (χ1) is 7.81. The summed E-state index contributed by atoms with van der Waals surface area (Å²) in [7, 11) is 2.22. The molecule has 0 aromatic heterocycles. The first-order valence-electron chi connectivity index (χ1n) is 6.81. The van der Waals surface area contributed by atoms with E-state index in [0.717, 1.165) is 6.42 Å². The standard InChI is InChI=1S/C14H30N2/c1-4-6-9-13-16(3)14-10-7-8-12-15-11-5-2/h4,15H,1,5-14H2,2-3H3. The monoisotopic (exact) mass is 226 g/mol. The molecule has 1 N–H and O–H groups in total. The van der Waals surface area contributed by atoms with Crippen molar-refractivity contribution in [2.45, 2.75) is 45.4 Å². The SMILES string of the molecule is C=CCCCN(C)CCCCCNCCC. The van der Waals surface area contributed by atoms with Gasteiger partial charge < -0.3 is 10.2 Å². The quantitative estimate of drug-likeness (QED) is 0.406. The Morgan fingerprint density at radius 3 is 2.50 bits per heavy atom. The highest BCUT2D eigenvalue weighted by Gasteiger charge is 1.97. The Morgan fingerprint density at radius 1 is 1.06 bits per heavy atom. The van der Waals surface area contributed by atoms with Crippen molar-refractivity contribution in [1.29, 1.82) is 0 Å². The lowest BCUT2D eigenvalue weighted by molar-refractivity contribution is 0.321. The zero-order chi connectivity index (χ0) is 12.1. The van der Waals surface area contributed by atoms with Gasteiger partial charge in [-0.2, -0.15) is 0 Å². The Kier molecular flexibility index (Phi) is 12.5. The van der Waals surface area contributed by atoms with Crippen LogP contribution >= 0.6 is 0 Å². The van der Waals surface area contributed by atoms with Crippen molar-refractivity contribution < 1.29 is 0 Å². The van der Waals surface area contributed by atoms with Crippen molar-refractivity contribution >= 4 is 0 Å². The summed E-state index contributed by atoms with van der Waals surface area (Å²) in [5.41, 5.74) is 0. The van der Waals surface area contributed by atoms with Crippen LogP contribution in [-0.4, -0.2) is 38.1 Å². The number of rotatable bonds is 12. The van der Waals surface area contributed by atoms with Gasteiger partial charge in [0.2, 0.25) is 0 Å². The number of nitrogens with zero attached hydrogens (tertiary/aromatic N) is 1. The van der Waals surface area contributed by atoms with Crippen molar-refractivity contribution in [3.05, 3.63) is 12.7 Å². The van der Waals surface area contributed by atoms with Crippen molar-refractivity contribution in [3.63, 3.8) is 0 Å². The minimum absolute atomic E-state index is 1.14. The molecule has 0 bridgehead atoms. The maximum atomic E-state index is 3.74. The summed E-state index contributed by atoms with van der Waals surface area (Å²) in [5, 5.41) is 3.44. The van der Waals surface area contributed by atoms with E-state index in [1.165, 1.54) is 58.3 Å². The van der Waals surface area contributed by atoms with Crippen LogP contribution in [0.25, 0.3) is 0 Å². The molecule has 0 heterocycles. The van der Waals surface area contributed by atoms with Gasteiger partial charge in [-0.15, -0.1) is 6.58 Å². The summed E-state index contributed by atoms with van der Waals surface area (Å²) in [6, 6.07) is 0. The zero-order valence-corrected chi connectivity index (χ0v) is 11.3. The Balaban J connectivity index is 3.08. The Bertz CT molecular complexity index is 146. The first kappa shape index (κ1) is 15.7. The minimum atomic E-state index is 1.14. The second-order valence-electron chi connectivity index (χ2n) is 4.54. The molecule has 0 aliphatic carbocycles. The number of unbranched alkanes of at least 4 members (excludes halogenated alkanes) is 3. The Labute approximate surface area is 102 Å². The molecule has 0 aromatic rings. The van der Waals surface area contributed by atoms with Crippen LogP contribution in [-0.2, 0) is 0 Å². The van der Waals surface area contributed by atoms with Gasteiger partial charge in [-0.3, -0.25) is 0 Å². The predicted molar refractivity (Wildman–Crippen MR) is 73.9 cm³/mol. The van der Waals surface area contributed by atoms with Gasteiger partial charge in [0.15, 0.2) is 0 Å². The Morgan fingerprint density at radius 2 is 1.81 bits per heavy atom. The van der Waals surface area contributed by atoms with Crippen molar-refractivity contribution in [1.82, 2.24) is 10.2 Å². The van der Waals surface area contributed by atoms with Crippen LogP contribution in [0.2, 0.25) is 0 Å². The smallest absolute Gasteiger partial charge is 0.00188 e. The van der Waals surface area contributed by atoms with E-state index >= 15 is 0 Å². The van der Waals surface area contributed by atoms with E-state index < -0.39 is 0 Å². The van der Waals surface area contributed by atoms with Gasteiger partial charge in [0.1, 0.15) is 0 Å². The van der Waals surface area contributed by atoms with Gasteiger partial charge in [-0.05, 0) is 65.3 Å². The molecule has 2 heteroatoms. The number of hydrogen-bond acceptors (Lipinski definition) is 2. The summed E-state index contributed by atoms with van der Waals surface area (Å²) >= 11 is 0. The van der Waals surface area contributed by atoms with Gasteiger partial charge in [0.05, 0.1) is 0 Å². The average molecular weight is 226 g/mol. The summed E-state index contributed by atoms with van der Waals surface area (Å²) in [6.07, 6.45) is 9.64. The molecule has 0 saturated heterocycles. The van der Waals surface area contributed by atoms with Crippen LogP contribution in [0.5, 0.6) is 0 Å². The van der Waals surface area contributed by atoms with Crippen LogP contribution in [0.15, 0.2) is 12.7 Å². The maximum absolute atomic E-state index is 3.74. The third-order valence-electron chi connectivity index (χ3n) is 2.77. The lowest BCUT2D eigenvalue weighted by Gasteiger charge is -2.15. The molecule has 0 atom stereocenters. The summed E-state index contributed by atoms with van der Waals surface area (Å²) in [5.74, 6) is 0. The average Bonchev–Trinajstić information content (AvgIpc) is 2.28. The van der Waals surface area contributed by atoms with Crippen molar-refractivity contribution in [2.75, 3.05) is 33.2 Å². The molecule has 16 heavy (non-hydrogen) atoms.